The number of thiophene rings is 1. The first-order valence-corrected chi connectivity index (χ1v) is 13.0. The van der Waals surface area contributed by atoms with Gasteiger partial charge in [-0.2, -0.15) is 9.97 Å². The van der Waals surface area contributed by atoms with Crippen LogP contribution in [-0.2, 0) is 6.54 Å². The smallest absolute Gasteiger partial charge is 0.227 e. The number of benzene rings is 1. The molecule has 9 heteroatoms. The summed E-state index contributed by atoms with van der Waals surface area (Å²) in [6, 6.07) is 13.4. The Morgan fingerprint density at radius 2 is 1.85 bits per heavy atom. The number of hydrogen-bond acceptors (Lipinski definition) is 7. The first kappa shape index (κ1) is 23.1. The molecule has 1 fully saturated rings. The van der Waals surface area contributed by atoms with E-state index in [0.717, 1.165) is 52.6 Å². The lowest BCUT2D eigenvalue weighted by atomic mass is 9.92. The van der Waals surface area contributed by atoms with Crippen molar-refractivity contribution >= 4 is 45.9 Å². The van der Waals surface area contributed by atoms with Crippen LogP contribution in [0.2, 0.25) is 4.34 Å². The molecule has 7 nitrogen and oxygen atoms in total. The van der Waals surface area contributed by atoms with Crippen molar-refractivity contribution in [1.29, 1.82) is 0 Å². The molecule has 4 N–H and O–H groups in total. The number of nitrogens with two attached hydrogens (primary N) is 1. The van der Waals surface area contributed by atoms with Crippen LogP contribution in [-0.4, -0.2) is 31.6 Å². The summed E-state index contributed by atoms with van der Waals surface area (Å²) in [5, 5.41) is 7.05. The van der Waals surface area contributed by atoms with E-state index in [9.17, 15) is 0 Å². The van der Waals surface area contributed by atoms with Crippen molar-refractivity contribution in [3.8, 4) is 10.4 Å². The molecule has 0 amide bonds. The monoisotopic (exact) mass is 495 g/mol. The lowest BCUT2D eigenvalue weighted by Crippen LogP contribution is -2.33. The molecule has 1 aliphatic rings. The fraction of sp³-hybridized carbons (Fsp3) is 0.400. The summed E-state index contributed by atoms with van der Waals surface area (Å²) in [6.45, 7) is 4.91. The third-order valence-corrected chi connectivity index (χ3v) is 7.63. The maximum atomic E-state index is 6.09. The van der Waals surface area contributed by atoms with E-state index < -0.39 is 0 Å². The number of fused-ring (bicyclic) bond motifs is 1. The summed E-state index contributed by atoms with van der Waals surface area (Å²) in [7, 11) is 0. The molecule has 0 saturated heterocycles. The molecule has 1 aromatic carbocycles. The van der Waals surface area contributed by atoms with Gasteiger partial charge in [0.25, 0.3) is 0 Å². The third kappa shape index (κ3) is 5.04. The van der Waals surface area contributed by atoms with Gasteiger partial charge in [0.2, 0.25) is 5.95 Å². The second-order valence-corrected chi connectivity index (χ2v) is 10.9. The number of anilines is 2. The molecule has 0 spiro atoms. The molecular formula is C25H30ClN7S. The Kier molecular flexibility index (Phi) is 6.72. The minimum Gasteiger partial charge on any atom is -0.364 e. The van der Waals surface area contributed by atoms with Crippen LogP contribution in [0.15, 0.2) is 42.7 Å². The van der Waals surface area contributed by atoms with E-state index in [0.29, 0.717) is 24.6 Å². The van der Waals surface area contributed by atoms with Gasteiger partial charge >= 0.3 is 0 Å². The molecule has 1 aliphatic carbocycles. The average Bonchev–Trinajstić information content (AvgIpc) is 3.46. The van der Waals surface area contributed by atoms with E-state index in [1.54, 1.807) is 11.3 Å². The van der Waals surface area contributed by atoms with E-state index in [-0.39, 0.29) is 6.04 Å². The largest absolute Gasteiger partial charge is 0.364 e. The summed E-state index contributed by atoms with van der Waals surface area (Å²) in [5.74, 6) is 1.39. The Bertz CT molecular complexity index is 1260. The van der Waals surface area contributed by atoms with Gasteiger partial charge in [-0.25, -0.2) is 4.98 Å². The summed E-state index contributed by atoms with van der Waals surface area (Å²) in [6.07, 6.45) is 5.98. The van der Waals surface area contributed by atoms with Gasteiger partial charge in [0.05, 0.1) is 10.7 Å². The molecule has 1 saturated carbocycles. The molecule has 178 valence electrons. The van der Waals surface area contributed by atoms with E-state index >= 15 is 0 Å². The number of nitrogens with zero attached hydrogens (tertiary/aromatic N) is 4. The number of hydrogen-bond donors (Lipinski definition) is 3. The van der Waals surface area contributed by atoms with Crippen LogP contribution >= 0.6 is 22.9 Å². The van der Waals surface area contributed by atoms with Gasteiger partial charge in [0.1, 0.15) is 0 Å². The zero-order valence-electron chi connectivity index (χ0n) is 19.5. The van der Waals surface area contributed by atoms with Crippen LogP contribution in [0.25, 0.3) is 21.6 Å². The molecule has 34 heavy (non-hydrogen) atoms. The van der Waals surface area contributed by atoms with E-state index in [1.807, 2.05) is 12.4 Å². The predicted molar refractivity (Wildman–Crippen MR) is 142 cm³/mol. The van der Waals surface area contributed by atoms with Crippen molar-refractivity contribution in [1.82, 2.24) is 19.5 Å². The van der Waals surface area contributed by atoms with Gasteiger partial charge in [-0.05, 0) is 62.8 Å². The predicted octanol–water partition coefficient (Wildman–Crippen LogP) is 6.08. The molecule has 3 aromatic heterocycles. The summed E-state index contributed by atoms with van der Waals surface area (Å²) >= 11 is 7.67. The fourth-order valence-corrected chi connectivity index (χ4v) is 5.42. The van der Waals surface area contributed by atoms with Crippen LogP contribution < -0.4 is 16.4 Å². The van der Waals surface area contributed by atoms with Gasteiger partial charge in [-0.3, -0.25) is 0 Å². The number of aromatic nitrogens is 4. The minimum atomic E-state index is 0.256. The lowest BCUT2D eigenvalue weighted by Gasteiger charge is -2.27. The van der Waals surface area contributed by atoms with E-state index in [4.69, 9.17) is 27.3 Å². The fourth-order valence-electron chi connectivity index (χ4n) is 4.37. The van der Waals surface area contributed by atoms with Crippen molar-refractivity contribution < 1.29 is 0 Å². The number of imidazole rings is 1. The van der Waals surface area contributed by atoms with Crippen molar-refractivity contribution in [3.63, 3.8) is 0 Å². The zero-order valence-corrected chi connectivity index (χ0v) is 21.0. The Morgan fingerprint density at radius 1 is 1.09 bits per heavy atom. The molecule has 5 rings (SSSR count). The van der Waals surface area contributed by atoms with E-state index in [2.05, 4.69) is 64.4 Å². The van der Waals surface area contributed by atoms with Crippen LogP contribution in [0.5, 0.6) is 0 Å². The first-order chi connectivity index (χ1) is 16.5. The van der Waals surface area contributed by atoms with E-state index in [1.165, 1.54) is 10.4 Å². The number of halogens is 1. The normalized spacial score (nSPS) is 18.5. The van der Waals surface area contributed by atoms with Crippen molar-refractivity contribution in [2.75, 3.05) is 10.6 Å². The zero-order chi connectivity index (χ0) is 23.7. The standard InChI is InChI=1S/C25H30ClN7S/c1-15(2)33-14-29-22-23(31-25(32-24(22)33)30-19-9-7-18(27)8-10-19)28-13-16-3-5-17(6-4-16)20-11-12-21(26)34-20/h3-6,11-12,14-15,18-19H,7-10,13,27H2,1-2H3,(H2,28,30,31,32). The molecule has 0 atom stereocenters. The highest BCUT2D eigenvalue weighted by atomic mass is 35.5. The second-order valence-electron chi connectivity index (χ2n) is 9.22. The maximum Gasteiger partial charge on any atom is 0.227 e. The second kappa shape index (κ2) is 9.90. The third-order valence-electron chi connectivity index (χ3n) is 6.35. The van der Waals surface area contributed by atoms with Gasteiger partial charge in [0, 0.05) is 29.5 Å². The van der Waals surface area contributed by atoms with Crippen LogP contribution in [0.4, 0.5) is 11.8 Å². The highest BCUT2D eigenvalue weighted by Gasteiger charge is 2.21. The maximum absolute atomic E-state index is 6.09. The summed E-state index contributed by atoms with van der Waals surface area (Å²) in [4.78, 5) is 15.4. The Balaban J connectivity index is 1.37. The van der Waals surface area contributed by atoms with Gasteiger partial charge in [0.15, 0.2) is 17.0 Å². The van der Waals surface area contributed by atoms with Crippen molar-refractivity contribution in [3.05, 3.63) is 52.6 Å². The average molecular weight is 496 g/mol. The highest BCUT2D eigenvalue weighted by Crippen LogP contribution is 2.31. The molecule has 0 aliphatic heterocycles. The minimum absolute atomic E-state index is 0.256. The van der Waals surface area contributed by atoms with Crippen molar-refractivity contribution in [2.45, 2.75) is 64.2 Å². The Hall–Kier alpha value is -2.68. The molecule has 0 unspecified atom stereocenters. The topological polar surface area (TPSA) is 93.7 Å². The van der Waals surface area contributed by atoms with Crippen LogP contribution in [0.3, 0.4) is 0 Å². The SMILES string of the molecule is CC(C)n1cnc2c(NCc3ccc(-c4ccc(Cl)s4)cc3)nc(NC3CCC(N)CC3)nc21. The number of rotatable bonds is 7. The van der Waals surface area contributed by atoms with Crippen LogP contribution in [0.1, 0.15) is 51.1 Å². The molecule has 0 bridgehead atoms. The summed E-state index contributed by atoms with van der Waals surface area (Å²) in [5.41, 5.74) is 10.0. The highest BCUT2D eigenvalue weighted by molar-refractivity contribution is 7.19. The lowest BCUT2D eigenvalue weighted by molar-refractivity contribution is 0.410. The first-order valence-electron chi connectivity index (χ1n) is 11.8. The van der Waals surface area contributed by atoms with Gasteiger partial charge < -0.3 is 20.9 Å². The molecular weight excluding hydrogens is 466 g/mol. The van der Waals surface area contributed by atoms with Crippen LogP contribution in [0, 0.1) is 0 Å². The van der Waals surface area contributed by atoms with Gasteiger partial charge in [-0.15, -0.1) is 11.3 Å². The molecule has 4 aromatic rings. The quantitative estimate of drug-likeness (QED) is 0.287. The Labute approximate surface area is 208 Å². The summed E-state index contributed by atoms with van der Waals surface area (Å²) < 4.78 is 2.89. The number of nitrogens with one attached hydrogen (secondary N) is 2. The molecule has 0 radical (unpaired) electrons. The Morgan fingerprint density at radius 3 is 2.53 bits per heavy atom. The van der Waals surface area contributed by atoms with Crippen molar-refractivity contribution in [2.24, 2.45) is 5.73 Å². The molecule has 3 heterocycles. The van der Waals surface area contributed by atoms with Gasteiger partial charge in [-0.1, -0.05) is 35.9 Å².